The molecule has 0 aliphatic carbocycles. The van der Waals surface area contributed by atoms with E-state index in [0.29, 0.717) is 24.2 Å². The fourth-order valence-corrected chi connectivity index (χ4v) is 3.68. The van der Waals surface area contributed by atoms with Crippen molar-refractivity contribution in [3.8, 4) is 0 Å². The smallest absolute Gasteiger partial charge is 0.222 e. The Hall–Kier alpha value is -1.06. The maximum atomic E-state index is 12.3. The predicted molar refractivity (Wildman–Crippen MR) is 85.6 cm³/mol. The van der Waals surface area contributed by atoms with Gasteiger partial charge in [0.25, 0.3) is 0 Å². The first-order valence-corrected chi connectivity index (χ1v) is 8.48. The first-order valence-electron chi connectivity index (χ1n) is 7.95. The normalized spacial score (nSPS) is 21.8. The van der Waals surface area contributed by atoms with E-state index in [1.54, 1.807) is 0 Å². The Labute approximate surface area is 131 Å². The average Bonchev–Trinajstić information content (AvgIpc) is 2.54. The van der Waals surface area contributed by atoms with Crippen molar-refractivity contribution in [2.45, 2.75) is 31.7 Å². The Bertz CT molecular complexity index is 505. The molecular weight excluding hydrogens is 284 g/mol. The molecule has 0 saturated carbocycles. The standard InChI is InChI=1S/C17H23ClN2O/c18-9-4-3-7-17(21)20-12-11-19-10-8-14-5-1-2-6-15(14)16(19)13-20/h1-2,5-6,16H,3-4,7-13H2. The second-order valence-corrected chi connectivity index (χ2v) is 6.36. The summed E-state index contributed by atoms with van der Waals surface area (Å²) in [6.45, 7) is 3.84. The highest BCUT2D eigenvalue weighted by atomic mass is 35.5. The molecule has 1 amide bonds. The fraction of sp³-hybridized carbons (Fsp3) is 0.588. The molecule has 1 atom stereocenters. The van der Waals surface area contributed by atoms with Gasteiger partial charge in [0.1, 0.15) is 0 Å². The minimum absolute atomic E-state index is 0.294. The van der Waals surface area contributed by atoms with Gasteiger partial charge in [-0.05, 0) is 30.4 Å². The molecule has 1 aromatic carbocycles. The number of unbranched alkanes of at least 4 members (excludes halogenated alkanes) is 1. The third-order valence-corrected chi connectivity index (χ3v) is 4.97. The first-order chi connectivity index (χ1) is 10.3. The van der Waals surface area contributed by atoms with E-state index in [9.17, 15) is 4.79 Å². The summed E-state index contributed by atoms with van der Waals surface area (Å²) in [4.78, 5) is 16.9. The highest BCUT2D eigenvalue weighted by Crippen LogP contribution is 2.32. The summed E-state index contributed by atoms with van der Waals surface area (Å²) in [5.41, 5.74) is 2.87. The van der Waals surface area contributed by atoms with Gasteiger partial charge < -0.3 is 4.90 Å². The molecule has 4 heteroatoms. The van der Waals surface area contributed by atoms with Gasteiger partial charge in [-0.3, -0.25) is 9.69 Å². The Morgan fingerprint density at radius 3 is 2.90 bits per heavy atom. The van der Waals surface area contributed by atoms with E-state index in [4.69, 9.17) is 11.6 Å². The number of halogens is 1. The SMILES string of the molecule is O=C(CCCCCl)N1CCN2CCc3ccccc3C2C1. The predicted octanol–water partition coefficient (Wildman–Crippen LogP) is 2.84. The number of carbonyl (C=O) groups excluding carboxylic acids is 1. The number of piperazine rings is 1. The van der Waals surface area contributed by atoms with Gasteiger partial charge in [0, 0.05) is 38.5 Å². The lowest BCUT2D eigenvalue weighted by Crippen LogP contribution is -2.52. The summed E-state index contributed by atoms with van der Waals surface area (Å²) >= 11 is 5.69. The van der Waals surface area contributed by atoms with E-state index in [0.717, 1.165) is 45.4 Å². The van der Waals surface area contributed by atoms with Gasteiger partial charge in [-0.15, -0.1) is 11.6 Å². The molecule has 21 heavy (non-hydrogen) atoms. The number of nitrogens with zero attached hydrogens (tertiary/aromatic N) is 2. The first kappa shape index (κ1) is 14.9. The molecule has 3 nitrogen and oxygen atoms in total. The monoisotopic (exact) mass is 306 g/mol. The lowest BCUT2D eigenvalue weighted by atomic mass is 9.91. The molecule has 2 aliphatic rings. The van der Waals surface area contributed by atoms with Crippen molar-refractivity contribution < 1.29 is 4.79 Å². The van der Waals surface area contributed by atoms with Gasteiger partial charge in [-0.25, -0.2) is 0 Å². The van der Waals surface area contributed by atoms with Crippen molar-refractivity contribution in [3.63, 3.8) is 0 Å². The fourth-order valence-electron chi connectivity index (χ4n) is 3.49. The van der Waals surface area contributed by atoms with Crippen LogP contribution in [0.15, 0.2) is 24.3 Å². The van der Waals surface area contributed by atoms with Crippen LogP contribution < -0.4 is 0 Å². The van der Waals surface area contributed by atoms with Crippen molar-refractivity contribution >= 4 is 17.5 Å². The molecule has 114 valence electrons. The summed E-state index contributed by atoms with van der Waals surface area (Å²) in [6, 6.07) is 9.08. The molecule has 1 saturated heterocycles. The largest absolute Gasteiger partial charge is 0.339 e. The van der Waals surface area contributed by atoms with Crippen LogP contribution in [0.4, 0.5) is 0 Å². The molecule has 0 N–H and O–H groups in total. The molecule has 2 heterocycles. The van der Waals surface area contributed by atoms with Crippen LogP contribution in [0.1, 0.15) is 36.4 Å². The summed E-state index contributed by atoms with van der Waals surface area (Å²) in [5, 5.41) is 0. The van der Waals surface area contributed by atoms with Crippen molar-refractivity contribution in [1.29, 1.82) is 0 Å². The number of hydrogen-bond acceptors (Lipinski definition) is 2. The molecule has 0 spiro atoms. The van der Waals surface area contributed by atoms with Crippen LogP contribution in [0.3, 0.4) is 0 Å². The number of benzene rings is 1. The highest BCUT2D eigenvalue weighted by Gasteiger charge is 2.33. The second-order valence-electron chi connectivity index (χ2n) is 5.99. The molecule has 0 bridgehead atoms. The number of rotatable bonds is 4. The molecule has 1 fully saturated rings. The van der Waals surface area contributed by atoms with Crippen LogP contribution in [0.25, 0.3) is 0 Å². The molecule has 0 radical (unpaired) electrons. The molecule has 2 aliphatic heterocycles. The lowest BCUT2D eigenvalue weighted by molar-refractivity contribution is -0.134. The number of fused-ring (bicyclic) bond motifs is 3. The van der Waals surface area contributed by atoms with Crippen LogP contribution in [-0.2, 0) is 11.2 Å². The van der Waals surface area contributed by atoms with Gasteiger partial charge in [0.15, 0.2) is 0 Å². The third-order valence-electron chi connectivity index (χ3n) is 4.70. The lowest BCUT2D eigenvalue weighted by Gasteiger charge is -2.45. The van der Waals surface area contributed by atoms with Crippen LogP contribution in [-0.4, -0.2) is 47.8 Å². The zero-order valence-electron chi connectivity index (χ0n) is 12.4. The van der Waals surface area contributed by atoms with Gasteiger partial charge in [0.2, 0.25) is 5.91 Å². The zero-order chi connectivity index (χ0) is 14.7. The Morgan fingerprint density at radius 1 is 1.19 bits per heavy atom. The van der Waals surface area contributed by atoms with Crippen LogP contribution in [0, 0.1) is 0 Å². The molecular formula is C17H23ClN2O. The molecule has 3 rings (SSSR count). The van der Waals surface area contributed by atoms with Gasteiger partial charge in [-0.1, -0.05) is 24.3 Å². The highest BCUT2D eigenvalue weighted by molar-refractivity contribution is 6.17. The minimum Gasteiger partial charge on any atom is -0.339 e. The van der Waals surface area contributed by atoms with Crippen molar-refractivity contribution in [2.24, 2.45) is 0 Å². The Kier molecular flexibility index (Phi) is 4.81. The molecule has 1 aromatic rings. The number of alkyl halides is 1. The van der Waals surface area contributed by atoms with Crippen molar-refractivity contribution in [3.05, 3.63) is 35.4 Å². The van der Waals surface area contributed by atoms with Crippen molar-refractivity contribution in [2.75, 3.05) is 32.1 Å². The van der Waals surface area contributed by atoms with E-state index < -0.39 is 0 Å². The third kappa shape index (κ3) is 3.24. The van der Waals surface area contributed by atoms with Gasteiger partial charge in [-0.2, -0.15) is 0 Å². The summed E-state index contributed by atoms with van der Waals surface area (Å²) in [7, 11) is 0. The topological polar surface area (TPSA) is 23.6 Å². The van der Waals surface area contributed by atoms with Gasteiger partial charge >= 0.3 is 0 Å². The van der Waals surface area contributed by atoms with Crippen molar-refractivity contribution in [1.82, 2.24) is 9.80 Å². The minimum atomic E-state index is 0.294. The maximum absolute atomic E-state index is 12.3. The van der Waals surface area contributed by atoms with E-state index in [-0.39, 0.29) is 0 Å². The van der Waals surface area contributed by atoms with E-state index in [1.807, 2.05) is 0 Å². The Balaban J connectivity index is 1.67. The maximum Gasteiger partial charge on any atom is 0.222 e. The number of amides is 1. The average molecular weight is 307 g/mol. The quantitative estimate of drug-likeness (QED) is 0.631. The molecule has 1 unspecified atom stereocenters. The van der Waals surface area contributed by atoms with E-state index >= 15 is 0 Å². The number of carbonyl (C=O) groups is 1. The Morgan fingerprint density at radius 2 is 2.05 bits per heavy atom. The van der Waals surface area contributed by atoms with Crippen LogP contribution in [0.2, 0.25) is 0 Å². The van der Waals surface area contributed by atoms with Gasteiger partial charge in [0.05, 0.1) is 6.04 Å². The van der Waals surface area contributed by atoms with E-state index in [1.165, 1.54) is 11.1 Å². The zero-order valence-corrected chi connectivity index (χ0v) is 13.2. The van der Waals surface area contributed by atoms with Crippen LogP contribution in [0.5, 0.6) is 0 Å². The van der Waals surface area contributed by atoms with Crippen LogP contribution >= 0.6 is 11.6 Å². The van der Waals surface area contributed by atoms with E-state index in [2.05, 4.69) is 34.1 Å². The number of hydrogen-bond donors (Lipinski definition) is 0. The summed E-state index contributed by atoms with van der Waals surface area (Å²) < 4.78 is 0. The summed E-state index contributed by atoms with van der Waals surface area (Å²) in [6.07, 6.45) is 3.61. The summed E-state index contributed by atoms with van der Waals surface area (Å²) in [5.74, 6) is 0.944. The molecule has 0 aromatic heterocycles. The second kappa shape index (κ2) is 6.80.